The number of carbonyl (C=O) groups is 1. The van der Waals surface area contributed by atoms with Gasteiger partial charge in [0.1, 0.15) is 0 Å². The van der Waals surface area contributed by atoms with Crippen LogP contribution < -0.4 is 0 Å². The Hall–Kier alpha value is -0.790. The first kappa shape index (κ1) is 16.2. The Morgan fingerprint density at radius 2 is 1.53 bits per heavy atom. The number of carbonyl (C=O) groups excluding carboxylic acids is 1. The van der Waals surface area contributed by atoms with Crippen LogP contribution in [0.5, 0.6) is 0 Å². The molecule has 0 saturated heterocycles. The number of ether oxygens (including phenoxy) is 1. The zero-order valence-electron chi connectivity index (χ0n) is 11.5. The number of allylic oxidation sites excluding steroid dienone is 2. The third-order valence-electron chi connectivity index (χ3n) is 2.71. The predicted molar refractivity (Wildman–Crippen MR) is 73.0 cm³/mol. The van der Waals surface area contributed by atoms with Gasteiger partial charge in [0.15, 0.2) is 0 Å². The minimum Gasteiger partial charge on any atom is -0.466 e. The van der Waals surface area contributed by atoms with Crippen molar-refractivity contribution in [2.45, 2.75) is 71.6 Å². The Bertz CT molecular complexity index is 197. The number of unbranched alkanes of at least 4 members (excludes halogenated alkanes) is 7. The lowest BCUT2D eigenvalue weighted by atomic mass is 10.1. The highest BCUT2D eigenvalue weighted by molar-refractivity contribution is 5.65. The SMILES string of the molecule is CCCCC=CCCCCCCCOC(C)=O. The topological polar surface area (TPSA) is 26.3 Å². The molecule has 0 spiro atoms. The molecule has 0 unspecified atom stereocenters. The first-order valence-corrected chi connectivity index (χ1v) is 7.05. The third kappa shape index (κ3) is 15.2. The van der Waals surface area contributed by atoms with Crippen LogP contribution >= 0.6 is 0 Å². The summed E-state index contributed by atoms with van der Waals surface area (Å²) in [6.07, 6.45) is 15.7. The summed E-state index contributed by atoms with van der Waals surface area (Å²) in [6.45, 7) is 4.28. The highest BCUT2D eigenvalue weighted by atomic mass is 16.5. The fourth-order valence-electron chi connectivity index (χ4n) is 1.67. The zero-order valence-corrected chi connectivity index (χ0v) is 11.5. The van der Waals surface area contributed by atoms with Crippen molar-refractivity contribution in [3.63, 3.8) is 0 Å². The Labute approximate surface area is 106 Å². The van der Waals surface area contributed by atoms with Gasteiger partial charge in [-0.2, -0.15) is 0 Å². The molecule has 0 aliphatic rings. The molecular formula is C15H28O2. The van der Waals surface area contributed by atoms with Gasteiger partial charge in [0.05, 0.1) is 6.61 Å². The number of hydrogen-bond acceptors (Lipinski definition) is 2. The van der Waals surface area contributed by atoms with E-state index < -0.39 is 0 Å². The molecule has 100 valence electrons. The van der Waals surface area contributed by atoms with E-state index in [1.165, 1.54) is 58.3 Å². The van der Waals surface area contributed by atoms with Gasteiger partial charge in [0.2, 0.25) is 0 Å². The fourth-order valence-corrected chi connectivity index (χ4v) is 1.67. The largest absolute Gasteiger partial charge is 0.466 e. The molecule has 0 aromatic carbocycles. The normalized spacial score (nSPS) is 10.9. The minimum absolute atomic E-state index is 0.165. The van der Waals surface area contributed by atoms with Crippen molar-refractivity contribution < 1.29 is 9.53 Å². The lowest BCUT2D eigenvalue weighted by Gasteiger charge is -2.01. The second-order valence-corrected chi connectivity index (χ2v) is 4.51. The molecule has 0 heterocycles. The number of hydrogen-bond donors (Lipinski definition) is 0. The van der Waals surface area contributed by atoms with Crippen LogP contribution in [0.3, 0.4) is 0 Å². The molecule has 0 radical (unpaired) electrons. The fraction of sp³-hybridized carbons (Fsp3) is 0.800. The van der Waals surface area contributed by atoms with E-state index in [-0.39, 0.29) is 5.97 Å². The van der Waals surface area contributed by atoms with E-state index in [0.29, 0.717) is 6.61 Å². The molecule has 0 aromatic rings. The first-order chi connectivity index (χ1) is 8.27. The van der Waals surface area contributed by atoms with Crippen LogP contribution in [0.15, 0.2) is 12.2 Å². The lowest BCUT2D eigenvalue weighted by molar-refractivity contribution is -0.141. The second-order valence-electron chi connectivity index (χ2n) is 4.51. The van der Waals surface area contributed by atoms with Gasteiger partial charge in [0.25, 0.3) is 0 Å². The molecule has 0 rings (SSSR count). The molecule has 0 fully saturated rings. The van der Waals surface area contributed by atoms with E-state index >= 15 is 0 Å². The van der Waals surface area contributed by atoms with Gasteiger partial charge in [-0.15, -0.1) is 0 Å². The summed E-state index contributed by atoms with van der Waals surface area (Å²) in [4.78, 5) is 10.5. The van der Waals surface area contributed by atoms with Gasteiger partial charge in [0, 0.05) is 6.92 Å². The van der Waals surface area contributed by atoms with Gasteiger partial charge < -0.3 is 4.74 Å². The molecule has 0 N–H and O–H groups in total. The van der Waals surface area contributed by atoms with Crippen molar-refractivity contribution in [1.29, 1.82) is 0 Å². The molecule has 0 bridgehead atoms. The second kappa shape index (κ2) is 13.3. The van der Waals surface area contributed by atoms with Crippen LogP contribution in [0.25, 0.3) is 0 Å². The van der Waals surface area contributed by atoms with Crippen molar-refractivity contribution in [2.75, 3.05) is 6.61 Å². The molecule has 0 aliphatic carbocycles. The van der Waals surface area contributed by atoms with Gasteiger partial charge in [-0.25, -0.2) is 0 Å². The van der Waals surface area contributed by atoms with Crippen LogP contribution in [0.2, 0.25) is 0 Å². The van der Waals surface area contributed by atoms with Crippen LogP contribution in [0.4, 0.5) is 0 Å². The quantitative estimate of drug-likeness (QED) is 0.299. The van der Waals surface area contributed by atoms with E-state index in [0.717, 1.165) is 6.42 Å². The maximum absolute atomic E-state index is 10.5. The smallest absolute Gasteiger partial charge is 0.302 e. The molecule has 0 atom stereocenters. The average molecular weight is 240 g/mol. The predicted octanol–water partition coefficient (Wildman–Crippen LogP) is 4.64. The molecule has 2 heteroatoms. The molecule has 17 heavy (non-hydrogen) atoms. The van der Waals surface area contributed by atoms with Crippen molar-refractivity contribution >= 4 is 5.97 Å². The summed E-state index contributed by atoms with van der Waals surface area (Å²) < 4.78 is 4.87. The van der Waals surface area contributed by atoms with Crippen LogP contribution in [-0.2, 0) is 9.53 Å². The van der Waals surface area contributed by atoms with E-state index in [1.54, 1.807) is 0 Å². The Morgan fingerprint density at radius 3 is 2.18 bits per heavy atom. The maximum atomic E-state index is 10.5. The number of esters is 1. The van der Waals surface area contributed by atoms with Gasteiger partial charge in [-0.3, -0.25) is 4.79 Å². The maximum Gasteiger partial charge on any atom is 0.302 e. The van der Waals surface area contributed by atoms with Crippen molar-refractivity contribution in [2.24, 2.45) is 0 Å². The van der Waals surface area contributed by atoms with Crippen molar-refractivity contribution in [1.82, 2.24) is 0 Å². The van der Waals surface area contributed by atoms with Gasteiger partial charge >= 0.3 is 5.97 Å². The standard InChI is InChI=1S/C15H28O2/c1-3-4-5-6-7-8-9-10-11-12-13-14-17-15(2)16/h6-7H,3-5,8-14H2,1-2H3. The number of rotatable bonds is 11. The molecular weight excluding hydrogens is 212 g/mol. The summed E-state index contributed by atoms with van der Waals surface area (Å²) in [6, 6.07) is 0. The first-order valence-electron chi connectivity index (χ1n) is 7.05. The molecule has 0 aromatic heterocycles. The van der Waals surface area contributed by atoms with Crippen LogP contribution in [-0.4, -0.2) is 12.6 Å². The van der Waals surface area contributed by atoms with Crippen molar-refractivity contribution in [3.8, 4) is 0 Å². The molecule has 2 nitrogen and oxygen atoms in total. The van der Waals surface area contributed by atoms with E-state index in [1.807, 2.05) is 0 Å². The monoisotopic (exact) mass is 240 g/mol. The zero-order chi connectivity index (χ0) is 12.8. The summed E-state index contributed by atoms with van der Waals surface area (Å²) in [7, 11) is 0. The highest BCUT2D eigenvalue weighted by Crippen LogP contribution is 2.06. The molecule has 0 saturated carbocycles. The Balaban J connectivity index is 3.03. The van der Waals surface area contributed by atoms with Crippen LogP contribution in [0, 0.1) is 0 Å². The average Bonchev–Trinajstić information content (AvgIpc) is 2.30. The third-order valence-corrected chi connectivity index (χ3v) is 2.71. The van der Waals surface area contributed by atoms with Crippen molar-refractivity contribution in [3.05, 3.63) is 12.2 Å². The summed E-state index contributed by atoms with van der Waals surface area (Å²) in [5, 5.41) is 0. The van der Waals surface area contributed by atoms with Gasteiger partial charge in [-0.1, -0.05) is 51.2 Å². The Kier molecular flexibility index (Phi) is 12.7. The lowest BCUT2D eigenvalue weighted by Crippen LogP contribution is -1.99. The minimum atomic E-state index is -0.165. The van der Waals surface area contributed by atoms with E-state index in [2.05, 4.69) is 19.1 Å². The molecule has 0 amide bonds. The molecule has 0 aliphatic heterocycles. The van der Waals surface area contributed by atoms with E-state index in [4.69, 9.17) is 4.74 Å². The van der Waals surface area contributed by atoms with Gasteiger partial charge in [-0.05, 0) is 25.7 Å². The highest BCUT2D eigenvalue weighted by Gasteiger charge is 1.93. The summed E-state index contributed by atoms with van der Waals surface area (Å²) in [5.41, 5.74) is 0. The summed E-state index contributed by atoms with van der Waals surface area (Å²) in [5.74, 6) is -0.165. The summed E-state index contributed by atoms with van der Waals surface area (Å²) >= 11 is 0. The Morgan fingerprint density at radius 1 is 0.941 bits per heavy atom. The van der Waals surface area contributed by atoms with E-state index in [9.17, 15) is 4.79 Å². The van der Waals surface area contributed by atoms with Crippen LogP contribution in [0.1, 0.15) is 71.6 Å².